The van der Waals surface area contributed by atoms with Crippen LogP contribution in [-0.2, 0) is 11.3 Å². The van der Waals surface area contributed by atoms with Gasteiger partial charge in [0.25, 0.3) is 0 Å². The van der Waals surface area contributed by atoms with Crippen LogP contribution in [0.3, 0.4) is 0 Å². The highest BCUT2D eigenvalue weighted by Crippen LogP contribution is 2.11. The maximum Gasteiger partial charge on any atom is 0.238 e. The Morgan fingerprint density at radius 2 is 2.35 bits per heavy atom. The van der Waals surface area contributed by atoms with E-state index >= 15 is 0 Å². The molecule has 0 atom stereocenters. The SMILES string of the molecule is C#CCNCC(=O)Nc1cccc(Cn2cncn2)c1. The van der Waals surface area contributed by atoms with E-state index in [4.69, 9.17) is 6.42 Å². The number of rotatable bonds is 6. The van der Waals surface area contributed by atoms with E-state index in [1.165, 1.54) is 6.33 Å². The first kappa shape index (κ1) is 13.8. The average Bonchev–Trinajstić information content (AvgIpc) is 2.92. The fourth-order valence-electron chi connectivity index (χ4n) is 1.70. The quantitative estimate of drug-likeness (QED) is 0.591. The third-order valence-electron chi connectivity index (χ3n) is 2.53. The molecule has 1 aromatic heterocycles. The Hall–Kier alpha value is -2.65. The van der Waals surface area contributed by atoms with E-state index in [0.29, 0.717) is 13.1 Å². The van der Waals surface area contributed by atoms with Gasteiger partial charge in [-0.05, 0) is 17.7 Å². The van der Waals surface area contributed by atoms with Gasteiger partial charge in [0.2, 0.25) is 5.91 Å². The summed E-state index contributed by atoms with van der Waals surface area (Å²) in [6, 6.07) is 7.59. The van der Waals surface area contributed by atoms with E-state index in [-0.39, 0.29) is 12.5 Å². The third kappa shape index (κ3) is 4.23. The minimum atomic E-state index is -0.127. The molecule has 0 fully saturated rings. The molecule has 0 unspecified atom stereocenters. The van der Waals surface area contributed by atoms with E-state index < -0.39 is 0 Å². The van der Waals surface area contributed by atoms with Crippen molar-refractivity contribution in [2.75, 3.05) is 18.4 Å². The van der Waals surface area contributed by atoms with Gasteiger partial charge in [-0.15, -0.1) is 6.42 Å². The van der Waals surface area contributed by atoms with Crippen LogP contribution in [0.1, 0.15) is 5.56 Å². The first-order valence-electron chi connectivity index (χ1n) is 6.13. The minimum absolute atomic E-state index is 0.127. The molecule has 0 spiro atoms. The highest BCUT2D eigenvalue weighted by molar-refractivity contribution is 5.92. The number of amides is 1. The van der Waals surface area contributed by atoms with Gasteiger partial charge in [0.1, 0.15) is 12.7 Å². The van der Waals surface area contributed by atoms with Gasteiger partial charge in [0, 0.05) is 5.69 Å². The van der Waals surface area contributed by atoms with E-state index in [0.717, 1.165) is 11.3 Å². The second kappa shape index (κ2) is 7.07. The number of hydrogen-bond acceptors (Lipinski definition) is 4. The summed E-state index contributed by atoms with van der Waals surface area (Å²) < 4.78 is 1.72. The van der Waals surface area contributed by atoms with E-state index in [1.54, 1.807) is 11.0 Å². The average molecular weight is 269 g/mol. The molecule has 2 aromatic rings. The molecule has 0 saturated heterocycles. The molecule has 2 rings (SSSR count). The summed E-state index contributed by atoms with van der Waals surface area (Å²) in [5.41, 5.74) is 1.78. The molecule has 2 N–H and O–H groups in total. The lowest BCUT2D eigenvalue weighted by Crippen LogP contribution is -2.28. The minimum Gasteiger partial charge on any atom is -0.325 e. The molecular formula is C14H15N5O. The predicted molar refractivity (Wildman–Crippen MR) is 75.9 cm³/mol. The Labute approximate surface area is 117 Å². The van der Waals surface area contributed by atoms with Crippen LogP contribution < -0.4 is 10.6 Å². The normalized spacial score (nSPS) is 9.95. The van der Waals surface area contributed by atoms with Crippen LogP contribution in [0.2, 0.25) is 0 Å². The predicted octanol–water partition coefficient (Wildman–Crippen LogP) is 0.488. The van der Waals surface area contributed by atoms with Crippen molar-refractivity contribution in [2.24, 2.45) is 0 Å². The maximum atomic E-state index is 11.6. The number of terminal acetylenes is 1. The molecule has 20 heavy (non-hydrogen) atoms. The van der Waals surface area contributed by atoms with Gasteiger partial charge < -0.3 is 5.32 Å². The van der Waals surface area contributed by atoms with Crippen LogP contribution >= 0.6 is 0 Å². The Morgan fingerprint density at radius 3 is 3.10 bits per heavy atom. The van der Waals surface area contributed by atoms with Crippen molar-refractivity contribution in [2.45, 2.75) is 6.54 Å². The van der Waals surface area contributed by atoms with Gasteiger partial charge in [-0.25, -0.2) is 9.67 Å². The lowest BCUT2D eigenvalue weighted by atomic mass is 10.2. The Balaban J connectivity index is 1.92. The zero-order valence-electron chi connectivity index (χ0n) is 10.9. The van der Waals surface area contributed by atoms with Crippen molar-refractivity contribution in [1.29, 1.82) is 0 Å². The molecule has 1 heterocycles. The number of aromatic nitrogens is 3. The van der Waals surface area contributed by atoms with Crippen molar-refractivity contribution in [3.8, 4) is 12.3 Å². The first-order valence-corrected chi connectivity index (χ1v) is 6.13. The summed E-state index contributed by atoms with van der Waals surface area (Å²) in [6.07, 6.45) is 8.23. The summed E-state index contributed by atoms with van der Waals surface area (Å²) in [4.78, 5) is 15.5. The summed E-state index contributed by atoms with van der Waals surface area (Å²) in [7, 11) is 0. The molecule has 0 aliphatic carbocycles. The largest absolute Gasteiger partial charge is 0.325 e. The maximum absolute atomic E-state index is 11.6. The van der Waals surface area contributed by atoms with Crippen molar-refractivity contribution < 1.29 is 4.79 Å². The van der Waals surface area contributed by atoms with Crippen molar-refractivity contribution in [3.63, 3.8) is 0 Å². The molecule has 0 bridgehead atoms. The molecule has 6 nitrogen and oxygen atoms in total. The summed E-state index contributed by atoms with van der Waals surface area (Å²) in [5, 5.41) is 9.68. The monoisotopic (exact) mass is 269 g/mol. The zero-order valence-corrected chi connectivity index (χ0v) is 10.9. The smallest absolute Gasteiger partial charge is 0.238 e. The van der Waals surface area contributed by atoms with Crippen LogP contribution in [0, 0.1) is 12.3 Å². The van der Waals surface area contributed by atoms with Gasteiger partial charge >= 0.3 is 0 Å². The second-order valence-corrected chi connectivity index (χ2v) is 4.15. The second-order valence-electron chi connectivity index (χ2n) is 4.15. The summed E-state index contributed by atoms with van der Waals surface area (Å²) in [5.74, 6) is 2.29. The highest BCUT2D eigenvalue weighted by Gasteiger charge is 2.02. The molecule has 6 heteroatoms. The first-order chi connectivity index (χ1) is 9.78. The van der Waals surface area contributed by atoms with Crippen molar-refractivity contribution in [3.05, 3.63) is 42.5 Å². The number of nitrogens with one attached hydrogen (secondary N) is 2. The van der Waals surface area contributed by atoms with Gasteiger partial charge in [-0.1, -0.05) is 18.1 Å². The number of carbonyl (C=O) groups excluding carboxylic acids is 1. The number of hydrogen-bond donors (Lipinski definition) is 2. The van der Waals surface area contributed by atoms with Crippen molar-refractivity contribution >= 4 is 11.6 Å². The molecule has 1 amide bonds. The standard InChI is InChI=1S/C14H15N5O/c1-2-6-15-8-14(20)18-13-5-3-4-12(7-13)9-19-11-16-10-17-19/h1,3-5,7,10-11,15H,6,8-9H2,(H,18,20). The van der Waals surface area contributed by atoms with Gasteiger partial charge in [0.15, 0.2) is 0 Å². The summed E-state index contributed by atoms with van der Waals surface area (Å²) in [6.45, 7) is 1.18. The molecular weight excluding hydrogens is 254 g/mol. The fourth-order valence-corrected chi connectivity index (χ4v) is 1.70. The topological polar surface area (TPSA) is 71.8 Å². The van der Waals surface area contributed by atoms with Crippen LogP contribution in [0.4, 0.5) is 5.69 Å². The van der Waals surface area contributed by atoms with Crippen LogP contribution in [-0.4, -0.2) is 33.8 Å². The van der Waals surface area contributed by atoms with E-state index in [2.05, 4.69) is 26.6 Å². The molecule has 1 aromatic carbocycles. The Kier molecular flexibility index (Phi) is 4.87. The van der Waals surface area contributed by atoms with Crippen LogP contribution in [0.25, 0.3) is 0 Å². The van der Waals surface area contributed by atoms with Gasteiger partial charge in [-0.2, -0.15) is 5.10 Å². The zero-order chi connectivity index (χ0) is 14.2. The number of anilines is 1. The molecule has 0 saturated carbocycles. The van der Waals surface area contributed by atoms with Crippen LogP contribution in [0.5, 0.6) is 0 Å². The Bertz CT molecular complexity index is 600. The fraction of sp³-hybridized carbons (Fsp3) is 0.214. The molecule has 0 aliphatic heterocycles. The number of carbonyl (C=O) groups is 1. The van der Waals surface area contributed by atoms with E-state index in [9.17, 15) is 4.79 Å². The molecule has 0 radical (unpaired) electrons. The van der Waals surface area contributed by atoms with Gasteiger partial charge in [-0.3, -0.25) is 10.1 Å². The summed E-state index contributed by atoms with van der Waals surface area (Å²) >= 11 is 0. The van der Waals surface area contributed by atoms with Crippen molar-refractivity contribution in [1.82, 2.24) is 20.1 Å². The van der Waals surface area contributed by atoms with Crippen LogP contribution in [0.15, 0.2) is 36.9 Å². The number of nitrogens with zero attached hydrogens (tertiary/aromatic N) is 3. The highest BCUT2D eigenvalue weighted by atomic mass is 16.1. The molecule has 0 aliphatic rings. The van der Waals surface area contributed by atoms with Gasteiger partial charge in [0.05, 0.1) is 19.6 Å². The third-order valence-corrected chi connectivity index (χ3v) is 2.53. The van der Waals surface area contributed by atoms with E-state index in [1.807, 2.05) is 24.3 Å². The lowest BCUT2D eigenvalue weighted by Gasteiger charge is -2.07. The molecule has 102 valence electrons. The Morgan fingerprint density at radius 1 is 1.45 bits per heavy atom. The lowest BCUT2D eigenvalue weighted by molar-refractivity contribution is -0.115. The number of benzene rings is 1.